The van der Waals surface area contributed by atoms with Gasteiger partial charge >= 0.3 is 11.9 Å². The summed E-state index contributed by atoms with van der Waals surface area (Å²) in [6.45, 7) is 5.83. The second-order valence-corrected chi connectivity index (χ2v) is 4.57. The highest BCUT2D eigenvalue weighted by atomic mass is 16.5. The van der Waals surface area contributed by atoms with Crippen molar-refractivity contribution in [3.63, 3.8) is 0 Å². The number of esters is 2. The molecule has 0 radical (unpaired) electrons. The van der Waals surface area contributed by atoms with Gasteiger partial charge in [0.1, 0.15) is 6.04 Å². The van der Waals surface area contributed by atoms with Crippen LogP contribution in [0.5, 0.6) is 0 Å². The zero-order valence-corrected chi connectivity index (χ0v) is 12.2. The Morgan fingerprint density at radius 2 is 2.05 bits per heavy atom. The molecule has 0 saturated carbocycles. The molecule has 6 nitrogen and oxygen atoms in total. The number of rotatable bonds is 6. The van der Waals surface area contributed by atoms with Gasteiger partial charge in [0.25, 0.3) is 0 Å². The van der Waals surface area contributed by atoms with Crippen molar-refractivity contribution in [2.24, 2.45) is 5.92 Å². The van der Waals surface area contributed by atoms with Crippen LogP contribution in [0.15, 0.2) is 18.5 Å². The SMILES string of the molecule is CCOC(=O)c1cncc(NC(C(=O)OC)C(C)C)c1. The van der Waals surface area contributed by atoms with Crippen molar-refractivity contribution in [1.82, 2.24) is 4.98 Å². The molecule has 0 aliphatic heterocycles. The van der Waals surface area contributed by atoms with Crippen molar-refractivity contribution < 1.29 is 19.1 Å². The van der Waals surface area contributed by atoms with Gasteiger partial charge in [0.05, 0.1) is 31.2 Å². The lowest BCUT2D eigenvalue weighted by Gasteiger charge is -2.20. The molecule has 0 bridgehead atoms. The molecule has 1 heterocycles. The van der Waals surface area contributed by atoms with Gasteiger partial charge in [0.15, 0.2) is 0 Å². The minimum Gasteiger partial charge on any atom is -0.467 e. The van der Waals surface area contributed by atoms with Crippen molar-refractivity contribution in [2.45, 2.75) is 26.8 Å². The Kier molecular flexibility index (Phi) is 5.96. The van der Waals surface area contributed by atoms with Gasteiger partial charge in [-0.2, -0.15) is 0 Å². The first-order chi connectivity index (χ1) is 9.49. The van der Waals surface area contributed by atoms with E-state index in [1.807, 2.05) is 13.8 Å². The highest BCUT2D eigenvalue weighted by Gasteiger charge is 2.23. The van der Waals surface area contributed by atoms with E-state index < -0.39 is 12.0 Å². The lowest BCUT2D eigenvalue weighted by Crippen LogP contribution is -2.35. The highest BCUT2D eigenvalue weighted by molar-refractivity contribution is 5.90. The standard InChI is InChI=1S/C14H20N2O4/c1-5-20-13(17)10-6-11(8-15-7-10)16-12(9(2)3)14(18)19-4/h6-9,12,16H,5H2,1-4H3. The summed E-state index contributed by atoms with van der Waals surface area (Å²) in [5, 5.41) is 3.02. The summed E-state index contributed by atoms with van der Waals surface area (Å²) >= 11 is 0. The van der Waals surface area contributed by atoms with Crippen molar-refractivity contribution in [3.8, 4) is 0 Å². The van der Waals surface area contributed by atoms with E-state index >= 15 is 0 Å². The van der Waals surface area contributed by atoms with E-state index in [0.717, 1.165) is 0 Å². The zero-order valence-electron chi connectivity index (χ0n) is 12.2. The molecule has 6 heteroatoms. The third-order valence-electron chi connectivity index (χ3n) is 2.69. The van der Waals surface area contributed by atoms with Crippen LogP contribution in [0.1, 0.15) is 31.1 Å². The monoisotopic (exact) mass is 280 g/mol. The van der Waals surface area contributed by atoms with Crippen LogP contribution < -0.4 is 5.32 Å². The van der Waals surface area contributed by atoms with Gasteiger partial charge in [-0.3, -0.25) is 4.98 Å². The maximum absolute atomic E-state index is 11.7. The molecule has 0 fully saturated rings. The number of anilines is 1. The molecular weight excluding hydrogens is 260 g/mol. The Morgan fingerprint density at radius 1 is 1.35 bits per heavy atom. The van der Waals surface area contributed by atoms with E-state index in [2.05, 4.69) is 10.3 Å². The second kappa shape index (κ2) is 7.47. The van der Waals surface area contributed by atoms with Crippen molar-refractivity contribution in [1.29, 1.82) is 0 Å². The van der Waals surface area contributed by atoms with Crippen LogP contribution >= 0.6 is 0 Å². The summed E-state index contributed by atoms with van der Waals surface area (Å²) in [4.78, 5) is 27.3. The number of nitrogens with one attached hydrogen (secondary N) is 1. The van der Waals surface area contributed by atoms with E-state index in [4.69, 9.17) is 9.47 Å². The zero-order chi connectivity index (χ0) is 15.1. The van der Waals surface area contributed by atoms with Crippen LogP contribution in [0.2, 0.25) is 0 Å². The lowest BCUT2D eigenvalue weighted by molar-refractivity contribution is -0.142. The van der Waals surface area contributed by atoms with Crippen LogP contribution in [0, 0.1) is 5.92 Å². The van der Waals surface area contributed by atoms with Crippen molar-refractivity contribution in [2.75, 3.05) is 19.0 Å². The quantitative estimate of drug-likeness (QED) is 0.801. The molecule has 1 aromatic rings. The molecule has 0 aliphatic carbocycles. The number of methoxy groups -OCH3 is 1. The molecule has 0 spiro atoms. The Bertz CT molecular complexity index is 474. The topological polar surface area (TPSA) is 77.5 Å². The summed E-state index contributed by atoms with van der Waals surface area (Å²) in [6, 6.07) is 1.10. The van der Waals surface area contributed by atoms with Crippen LogP contribution in [0.3, 0.4) is 0 Å². The van der Waals surface area contributed by atoms with Gasteiger partial charge in [-0.05, 0) is 18.9 Å². The smallest absolute Gasteiger partial charge is 0.339 e. The summed E-state index contributed by atoms with van der Waals surface area (Å²) in [5.74, 6) is -0.766. The number of aromatic nitrogens is 1. The Hall–Kier alpha value is -2.11. The number of carbonyl (C=O) groups excluding carboxylic acids is 2. The fraction of sp³-hybridized carbons (Fsp3) is 0.500. The van der Waals surface area contributed by atoms with Gasteiger partial charge in [-0.15, -0.1) is 0 Å². The molecule has 0 amide bonds. The molecule has 1 unspecified atom stereocenters. The maximum atomic E-state index is 11.7. The van der Waals surface area contributed by atoms with E-state index in [1.165, 1.54) is 13.3 Å². The maximum Gasteiger partial charge on any atom is 0.339 e. The average molecular weight is 280 g/mol. The second-order valence-electron chi connectivity index (χ2n) is 4.57. The largest absolute Gasteiger partial charge is 0.467 e. The van der Waals surface area contributed by atoms with E-state index in [9.17, 15) is 9.59 Å². The van der Waals surface area contributed by atoms with Crippen molar-refractivity contribution >= 4 is 17.6 Å². The summed E-state index contributed by atoms with van der Waals surface area (Å²) in [5.41, 5.74) is 0.906. The predicted molar refractivity (Wildman–Crippen MR) is 74.5 cm³/mol. The van der Waals surface area contributed by atoms with Crippen LogP contribution in [-0.2, 0) is 14.3 Å². The third kappa shape index (κ3) is 4.22. The summed E-state index contributed by atoms with van der Waals surface area (Å²) in [6.07, 6.45) is 2.97. The fourth-order valence-electron chi connectivity index (χ4n) is 1.65. The normalized spacial score (nSPS) is 11.8. The van der Waals surface area contributed by atoms with Crippen LogP contribution in [0.4, 0.5) is 5.69 Å². The molecule has 0 saturated heterocycles. The third-order valence-corrected chi connectivity index (χ3v) is 2.69. The molecule has 20 heavy (non-hydrogen) atoms. The Morgan fingerprint density at radius 3 is 2.60 bits per heavy atom. The van der Waals surface area contributed by atoms with Crippen molar-refractivity contribution in [3.05, 3.63) is 24.0 Å². The number of hydrogen-bond acceptors (Lipinski definition) is 6. The van der Waals surface area contributed by atoms with E-state index in [-0.39, 0.29) is 11.9 Å². The molecule has 0 aliphatic rings. The summed E-state index contributed by atoms with van der Waals surface area (Å²) < 4.78 is 9.65. The summed E-state index contributed by atoms with van der Waals surface area (Å²) in [7, 11) is 1.34. The Labute approximate surface area is 118 Å². The number of hydrogen-bond donors (Lipinski definition) is 1. The molecule has 1 aromatic heterocycles. The van der Waals surface area contributed by atoms with Gasteiger partial charge in [0.2, 0.25) is 0 Å². The predicted octanol–water partition coefficient (Wildman–Crippen LogP) is 1.87. The fourth-order valence-corrected chi connectivity index (χ4v) is 1.65. The number of ether oxygens (including phenoxy) is 2. The molecule has 1 rings (SSSR count). The highest BCUT2D eigenvalue weighted by Crippen LogP contribution is 2.15. The molecule has 1 atom stereocenters. The molecular formula is C14H20N2O4. The van der Waals surface area contributed by atoms with Gasteiger partial charge in [-0.25, -0.2) is 9.59 Å². The number of pyridine rings is 1. The molecule has 110 valence electrons. The van der Waals surface area contributed by atoms with E-state index in [0.29, 0.717) is 17.9 Å². The number of nitrogens with zero attached hydrogens (tertiary/aromatic N) is 1. The first kappa shape index (κ1) is 15.9. The van der Waals surface area contributed by atoms with E-state index in [1.54, 1.807) is 19.2 Å². The minimum atomic E-state index is -0.501. The van der Waals surface area contributed by atoms with Crippen LogP contribution in [0.25, 0.3) is 0 Å². The van der Waals surface area contributed by atoms with Gasteiger partial charge in [-0.1, -0.05) is 13.8 Å². The minimum absolute atomic E-state index is 0.0358. The lowest BCUT2D eigenvalue weighted by atomic mass is 10.0. The van der Waals surface area contributed by atoms with Crippen LogP contribution in [-0.4, -0.2) is 36.7 Å². The van der Waals surface area contributed by atoms with Gasteiger partial charge in [0, 0.05) is 6.20 Å². The first-order valence-corrected chi connectivity index (χ1v) is 6.46. The average Bonchev–Trinajstić information content (AvgIpc) is 2.44. The molecule has 0 aromatic carbocycles. The Balaban J connectivity index is 2.88. The number of carbonyl (C=O) groups is 2. The first-order valence-electron chi connectivity index (χ1n) is 6.46. The van der Waals surface area contributed by atoms with Gasteiger partial charge < -0.3 is 14.8 Å². The molecule has 1 N–H and O–H groups in total.